The van der Waals surface area contributed by atoms with E-state index in [1.165, 1.54) is 9.75 Å². The molecule has 140 valence electrons. The van der Waals surface area contributed by atoms with E-state index in [1.807, 2.05) is 70.4 Å². The second-order valence-electron chi connectivity index (χ2n) is 6.24. The predicted molar refractivity (Wildman–Crippen MR) is 115 cm³/mol. The first-order valence-corrected chi connectivity index (χ1v) is 10.7. The number of rotatable bonds is 7. The van der Waals surface area contributed by atoms with Crippen molar-refractivity contribution in [2.24, 2.45) is 0 Å². The Kier molecular flexibility index (Phi) is 5.80. The van der Waals surface area contributed by atoms with E-state index in [9.17, 15) is 4.79 Å². The number of benzene rings is 1. The molecule has 0 radical (unpaired) electrons. The molecule has 6 heteroatoms. The SMILES string of the molecule is O=C(/C=C/c1cnn(-c2ccccc2)c1)N(Cc1cccs1)Cc1cccs1. The average Bonchev–Trinajstić information content (AvgIpc) is 3.49. The molecule has 0 fully saturated rings. The number of hydrogen-bond acceptors (Lipinski definition) is 4. The van der Waals surface area contributed by atoms with Gasteiger partial charge in [0.1, 0.15) is 0 Å². The number of amides is 1. The molecular formula is C22H19N3OS2. The van der Waals surface area contributed by atoms with Gasteiger partial charge < -0.3 is 4.90 Å². The predicted octanol–water partition coefficient (Wildman–Crippen LogP) is 5.24. The van der Waals surface area contributed by atoms with Crippen molar-refractivity contribution < 1.29 is 4.79 Å². The zero-order valence-electron chi connectivity index (χ0n) is 15.1. The smallest absolute Gasteiger partial charge is 0.247 e. The molecule has 4 nitrogen and oxygen atoms in total. The summed E-state index contributed by atoms with van der Waals surface area (Å²) in [5, 5.41) is 8.45. The monoisotopic (exact) mass is 405 g/mol. The Morgan fingerprint density at radius 1 is 0.964 bits per heavy atom. The number of aromatic nitrogens is 2. The Balaban J connectivity index is 1.48. The summed E-state index contributed by atoms with van der Waals surface area (Å²) in [6, 6.07) is 18.1. The van der Waals surface area contributed by atoms with Gasteiger partial charge in [0.15, 0.2) is 0 Å². The van der Waals surface area contributed by atoms with Gasteiger partial charge in [-0.3, -0.25) is 4.79 Å². The number of para-hydroxylation sites is 1. The van der Waals surface area contributed by atoms with Crippen LogP contribution in [0.25, 0.3) is 11.8 Å². The molecule has 0 spiro atoms. The minimum absolute atomic E-state index is 0.00531. The van der Waals surface area contributed by atoms with Crippen molar-refractivity contribution in [2.75, 3.05) is 0 Å². The number of nitrogens with zero attached hydrogens (tertiary/aromatic N) is 3. The van der Waals surface area contributed by atoms with Crippen LogP contribution in [0.2, 0.25) is 0 Å². The van der Waals surface area contributed by atoms with E-state index in [1.54, 1.807) is 39.6 Å². The highest BCUT2D eigenvalue weighted by atomic mass is 32.1. The lowest BCUT2D eigenvalue weighted by atomic mass is 10.3. The van der Waals surface area contributed by atoms with Crippen molar-refractivity contribution in [3.05, 3.63) is 99.1 Å². The Hall–Kier alpha value is -2.96. The van der Waals surface area contributed by atoms with E-state index in [4.69, 9.17) is 0 Å². The molecular weight excluding hydrogens is 386 g/mol. The van der Waals surface area contributed by atoms with Crippen molar-refractivity contribution in [1.82, 2.24) is 14.7 Å². The second-order valence-corrected chi connectivity index (χ2v) is 8.30. The van der Waals surface area contributed by atoms with Gasteiger partial charge in [-0.05, 0) is 41.1 Å². The summed E-state index contributed by atoms with van der Waals surface area (Å²) in [5.74, 6) is -0.00531. The quantitative estimate of drug-likeness (QED) is 0.395. The van der Waals surface area contributed by atoms with Crippen molar-refractivity contribution in [2.45, 2.75) is 13.1 Å². The van der Waals surface area contributed by atoms with E-state index in [-0.39, 0.29) is 5.91 Å². The van der Waals surface area contributed by atoms with Gasteiger partial charge in [-0.2, -0.15) is 5.10 Å². The summed E-state index contributed by atoms with van der Waals surface area (Å²) >= 11 is 3.34. The van der Waals surface area contributed by atoms with Gasteiger partial charge in [-0.15, -0.1) is 22.7 Å². The van der Waals surface area contributed by atoms with Crippen LogP contribution in [-0.4, -0.2) is 20.6 Å². The summed E-state index contributed by atoms with van der Waals surface area (Å²) in [6.07, 6.45) is 7.14. The average molecular weight is 406 g/mol. The first-order chi connectivity index (χ1) is 13.8. The van der Waals surface area contributed by atoms with Crippen LogP contribution in [0.15, 0.2) is 83.8 Å². The molecule has 4 rings (SSSR count). The van der Waals surface area contributed by atoms with Crippen molar-refractivity contribution in [1.29, 1.82) is 0 Å². The van der Waals surface area contributed by atoms with Crippen molar-refractivity contribution in [3.8, 4) is 5.69 Å². The van der Waals surface area contributed by atoms with Gasteiger partial charge in [0.25, 0.3) is 0 Å². The molecule has 0 aliphatic rings. The molecule has 0 unspecified atom stereocenters. The molecule has 0 atom stereocenters. The van der Waals surface area contributed by atoms with Crippen LogP contribution in [0.3, 0.4) is 0 Å². The van der Waals surface area contributed by atoms with E-state index in [2.05, 4.69) is 17.2 Å². The molecule has 3 aromatic heterocycles. The van der Waals surface area contributed by atoms with Gasteiger partial charge in [0.2, 0.25) is 5.91 Å². The third-order valence-electron chi connectivity index (χ3n) is 4.21. The highest BCUT2D eigenvalue weighted by Crippen LogP contribution is 2.18. The van der Waals surface area contributed by atoms with Gasteiger partial charge in [-0.1, -0.05) is 30.3 Å². The minimum atomic E-state index is -0.00531. The van der Waals surface area contributed by atoms with E-state index in [0.717, 1.165) is 11.3 Å². The van der Waals surface area contributed by atoms with Gasteiger partial charge >= 0.3 is 0 Å². The van der Waals surface area contributed by atoms with Crippen molar-refractivity contribution in [3.63, 3.8) is 0 Å². The molecule has 0 saturated carbocycles. The molecule has 0 aliphatic carbocycles. The van der Waals surface area contributed by atoms with E-state index >= 15 is 0 Å². The van der Waals surface area contributed by atoms with Crippen LogP contribution < -0.4 is 0 Å². The first-order valence-electron chi connectivity index (χ1n) is 8.90. The maximum Gasteiger partial charge on any atom is 0.247 e. The molecule has 0 saturated heterocycles. The van der Waals surface area contributed by atoms with Gasteiger partial charge in [0, 0.05) is 27.6 Å². The van der Waals surface area contributed by atoms with Crippen LogP contribution >= 0.6 is 22.7 Å². The minimum Gasteiger partial charge on any atom is -0.329 e. The third kappa shape index (κ3) is 4.65. The summed E-state index contributed by atoms with van der Waals surface area (Å²) in [5.41, 5.74) is 1.88. The lowest BCUT2D eigenvalue weighted by molar-refractivity contribution is -0.127. The highest BCUT2D eigenvalue weighted by molar-refractivity contribution is 7.10. The molecule has 28 heavy (non-hydrogen) atoms. The zero-order valence-corrected chi connectivity index (χ0v) is 16.8. The molecule has 0 aliphatic heterocycles. The van der Waals surface area contributed by atoms with E-state index < -0.39 is 0 Å². The Morgan fingerprint density at radius 2 is 1.64 bits per heavy atom. The summed E-state index contributed by atoms with van der Waals surface area (Å²) < 4.78 is 1.80. The summed E-state index contributed by atoms with van der Waals surface area (Å²) in [7, 11) is 0. The van der Waals surface area contributed by atoms with Crippen LogP contribution in [0.5, 0.6) is 0 Å². The normalized spacial score (nSPS) is 11.1. The van der Waals surface area contributed by atoms with Gasteiger partial charge in [0.05, 0.1) is 25.0 Å². The Morgan fingerprint density at radius 3 is 2.25 bits per heavy atom. The molecule has 1 amide bonds. The molecule has 0 N–H and O–H groups in total. The molecule has 3 heterocycles. The fourth-order valence-electron chi connectivity index (χ4n) is 2.81. The zero-order chi connectivity index (χ0) is 19.2. The molecule has 1 aromatic carbocycles. The maximum atomic E-state index is 12.9. The van der Waals surface area contributed by atoms with Gasteiger partial charge in [-0.25, -0.2) is 4.68 Å². The van der Waals surface area contributed by atoms with E-state index in [0.29, 0.717) is 13.1 Å². The van der Waals surface area contributed by atoms with Crippen LogP contribution in [0.4, 0.5) is 0 Å². The lowest BCUT2D eigenvalue weighted by Crippen LogP contribution is -2.27. The standard InChI is InChI=1S/C22H19N3OS2/c26-22(11-10-18-14-23-25(15-18)19-6-2-1-3-7-19)24(16-20-8-4-12-27-20)17-21-9-5-13-28-21/h1-15H,16-17H2/b11-10+. The van der Waals surface area contributed by atoms with Crippen molar-refractivity contribution >= 4 is 34.7 Å². The lowest BCUT2D eigenvalue weighted by Gasteiger charge is -2.19. The third-order valence-corrected chi connectivity index (χ3v) is 5.93. The molecule has 4 aromatic rings. The van der Waals surface area contributed by atoms with Crippen LogP contribution in [0, 0.1) is 0 Å². The van der Waals surface area contributed by atoms with Crippen LogP contribution in [0.1, 0.15) is 15.3 Å². The molecule has 0 bridgehead atoms. The second kappa shape index (κ2) is 8.82. The number of hydrogen-bond donors (Lipinski definition) is 0. The fourth-order valence-corrected chi connectivity index (χ4v) is 4.25. The largest absolute Gasteiger partial charge is 0.329 e. The topological polar surface area (TPSA) is 38.1 Å². The summed E-state index contributed by atoms with van der Waals surface area (Å²) in [6.45, 7) is 1.23. The Labute approximate surface area is 172 Å². The maximum absolute atomic E-state index is 12.9. The highest BCUT2D eigenvalue weighted by Gasteiger charge is 2.13. The van der Waals surface area contributed by atoms with Crippen LogP contribution in [-0.2, 0) is 17.9 Å². The Bertz CT molecular complexity index is 999. The number of carbonyl (C=O) groups is 1. The number of thiophene rings is 2. The fraction of sp³-hybridized carbons (Fsp3) is 0.0909. The number of carbonyl (C=O) groups excluding carboxylic acids is 1. The first kappa shape index (κ1) is 18.4. The summed E-state index contributed by atoms with van der Waals surface area (Å²) in [4.78, 5) is 17.1.